The van der Waals surface area contributed by atoms with E-state index in [0.29, 0.717) is 18.5 Å². The molecular formula is C15H23NO4. The molecule has 1 amide bonds. The van der Waals surface area contributed by atoms with Gasteiger partial charge in [-0.2, -0.15) is 0 Å². The Bertz CT molecular complexity index is 463. The standard InChI is InChI=1S/C15H23NO4/c1-10(17)5-6-11-7-8-13(18)12(9-11)16-14(19)20-15(2,3)4/h7-10,17-18H,5-6H2,1-4H3,(H,16,19). The first-order valence-electron chi connectivity index (χ1n) is 6.67. The van der Waals surface area contributed by atoms with Crippen LogP contribution >= 0.6 is 0 Å². The smallest absolute Gasteiger partial charge is 0.412 e. The van der Waals surface area contributed by atoms with Gasteiger partial charge in [0.2, 0.25) is 0 Å². The number of carbonyl (C=O) groups excluding carboxylic acids is 1. The van der Waals surface area contributed by atoms with Gasteiger partial charge in [0, 0.05) is 0 Å². The molecule has 5 heteroatoms. The van der Waals surface area contributed by atoms with Crippen molar-refractivity contribution >= 4 is 11.8 Å². The Kier molecular flexibility index (Phi) is 5.39. The van der Waals surface area contributed by atoms with Crippen molar-refractivity contribution in [2.45, 2.75) is 52.2 Å². The summed E-state index contributed by atoms with van der Waals surface area (Å²) in [5.41, 5.74) is 0.640. The average molecular weight is 281 g/mol. The lowest BCUT2D eigenvalue weighted by atomic mass is 10.1. The van der Waals surface area contributed by atoms with Gasteiger partial charge >= 0.3 is 6.09 Å². The number of nitrogens with one attached hydrogen (secondary N) is 1. The third-order valence-electron chi connectivity index (χ3n) is 2.55. The topological polar surface area (TPSA) is 78.8 Å². The van der Waals surface area contributed by atoms with Crippen LogP contribution in [0.5, 0.6) is 5.75 Å². The van der Waals surface area contributed by atoms with Crippen LogP contribution in [0.2, 0.25) is 0 Å². The number of hydrogen-bond acceptors (Lipinski definition) is 4. The van der Waals surface area contributed by atoms with Gasteiger partial charge in [-0.05, 0) is 58.2 Å². The van der Waals surface area contributed by atoms with Crippen molar-refractivity contribution in [3.05, 3.63) is 23.8 Å². The quantitative estimate of drug-likeness (QED) is 0.741. The Morgan fingerprint density at radius 2 is 2.05 bits per heavy atom. The fourth-order valence-electron chi connectivity index (χ4n) is 1.63. The van der Waals surface area contributed by atoms with E-state index in [-0.39, 0.29) is 11.9 Å². The Labute approximate surface area is 119 Å². The van der Waals surface area contributed by atoms with Crippen LogP contribution in [0.15, 0.2) is 18.2 Å². The summed E-state index contributed by atoms with van der Waals surface area (Å²) in [7, 11) is 0. The number of phenols is 1. The highest BCUT2D eigenvalue weighted by Gasteiger charge is 2.17. The molecule has 1 aromatic carbocycles. The van der Waals surface area contributed by atoms with Crippen molar-refractivity contribution in [1.82, 2.24) is 0 Å². The zero-order valence-corrected chi connectivity index (χ0v) is 12.4. The molecule has 1 rings (SSSR count). The summed E-state index contributed by atoms with van der Waals surface area (Å²) in [4.78, 5) is 11.7. The van der Waals surface area contributed by atoms with Gasteiger partial charge in [-0.3, -0.25) is 5.32 Å². The summed E-state index contributed by atoms with van der Waals surface area (Å²) < 4.78 is 5.13. The fraction of sp³-hybridized carbons (Fsp3) is 0.533. The van der Waals surface area contributed by atoms with Crippen molar-refractivity contribution < 1.29 is 19.7 Å². The second-order valence-corrected chi connectivity index (χ2v) is 5.87. The minimum atomic E-state index is -0.611. The summed E-state index contributed by atoms with van der Waals surface area (Å²) in [5.74, 6) is -0.0170. The van der Waals surface area contributed by atoms with Gasteiger partial charge in [0.15, 0.2) is 0 Å². The molecule has 0 aromatic heterocycles. The Balaban J connectivity index is 2.73. The van der Waals surface area contributed by atoms with Gasteiger partial charge in [-0.1, -0.05) is 6.07 Å². The third kappa shape index (κ3) is 5.93. The molecule has 0 aliphatic carbocycles. The lowest BCUT2D eigenvalue weighted by molar-refractivity contribution is 0.0635. The van der Waals surface area contributed by atoms with Crippen LogP contribution in [0.25, 0.3) is 0 Å². The molecule has 0 spiro atoms. The molecular weight excluding hydrogens is 258 g/mol. The number of ether oxygens (including phenoxy) is 1. The van der Waals surface area contributed by atoms with Gasteiger partial charge in [0.1, 0.15) is 11.4 Å². The van der Waals surface area contributed by atoms with Crippen molar-refractivity contribution in [3.8, 4) is 5.75 Å². The fourth-order valence-corrected chi connectivity index (χ4v) is 1.63. The molecule has 0 radical (unpaired) electrons. The number of aliphatic hydroxyl groups excluding tert-OH is 1. The van der Waals surface area contributed by atoms with E-state index >= 15 is 0 Å². The van der Waals surface area contributed by atoms with E-state index < -0.39 is 11.7 Å². The van der Waals surface area contributed by atoms with Crippen LogP contribution in [0, 0.1) is 0 Å². The molecule has 0 aliphatic heterocycles. The highest BCUT2D eigenvalue weighted by Crippen LogP contribution is 2.25. The zero-order valence-electron chi connectivity index (χ0n) is 12.4. The van der Waals surface area contributed by atoms with Crippen LogP contribution in [0.4, 0.5) is 10.5 Å². The molecule has 112 valence electrons. The molecule has 0 bridgehead atoms. The zero-order chi connectivity index (χ0) is 15.3. The van der Waals surface area contributed by atoms with E-state index in [2.05, 4.69) is 5.32 Å². The number of phenolic OH excluding ortho intramolecular Hbond substituents is 1. The number of benzene rings is 1. The highest BCUT2D eigenvalue weighted by molar-refractivity contribution is 5.87. The SMILES string of the molecule is CC(O)CCc1ccc(O)c(NC(=O)OC(C)(C)C)c1. The molecule has 0 fully saturated rings. The molecule has 0 saturated heterocycles. The molecule has 1 unspecified atom stereocenters. The summed E-state index contributed by atoms with van der Waals surface area (Å²) in [6, 6.07) is 4.96. The lowest BCUT2D eigenvalue weighted by Gasteiger charge is -2.20. The van der Waals surface area contributed by atoms with E-state index in [1.165, 1.54) is 6.07 Å². The predicted molar refractivity (Wildman–Crippen MR) is 78.0 cm³/mol. The largest absolute Gasteiger partial charge is 0.506 e. The molecule has 1 atom stereocenters. The first-order valence-corrected chi connectivity index (χ1v) is 6.67. The maximum absolute atomic E-state index is 11.7. The van der Waals surface area contributed by atoms with E-state index in [1.54, 1.807) is 39.8 Å². The van der Waals surface area contributed by atoms with Gasteiger partial charge in [0.05, 0.1) is 11.8 Å². The first kappa shape index (κ1) is 16.3. The van der Waals surface area contributed by atoms with Crippen molar-refractivity contribution in [3.63, 3.8) is 0 Å². The highest BCUT2D eigenvalue weighted by atomic mass is 16.6. The lowest BCUT2D eigenvalue weighted by Crippen LogP contribution is -2.27. The molecule has 0 heterocycles. The molecule has 0 saturated carbocycles. The number of aliphatic hydroxyl groups is 1. The van der Waals surface area contributed by atoms with Crippen molar-refractivity contribution in [2.75, 3.05) is 5.32 Å². The summed E-state index contributed by atoms with van der Waals surface area (Å²) in [6.45, 7) is 7.03. The summed E-state index contributed by atoms with van der Waals surface area (Å²) in [5, 5.41) is 21.5. The van der Waals surface area contributed by atoms with Gasteiger partial charge in [0.25, 0.3) is 0 Å². The maximum atomic E-state index is 11.7. The van der Waals surface area contributed by atoms with Crippen LogP contribution in [-0.2, 0) is 11.2 Å². The number of carbonyl (C=O) groups is 1. The van der Waals surface area contributed by atoms with E-state index in [0.717, 1.165) is 5.56 Å². The Morgan fingerprint density at radius 1 is 1.40 bits per heavy atom. The molecule has 20 heavy (non-hydrogen) atoms. The van der Waals surface area contributed by atoms with Crippen LogP contribution < -0.4 is 5.32 Å². The van der Waals surface area contributed by atoms with Crippen molar-refractivity contribution in [1.29, 1.82) is 0 Å². The number of anilines is 1. The predicted octanol–water partition coefficient (Wildman–Crippen LogP) is 3.05. The molecule has 1 aromatic rings. The second-order valence-electron chi connectivity index (χ2n) is 5.87. The molecule has 0 aliphatic rings. The van der Waals surface area contributed by atoms with Crippen LogP contribution in [0.1, 0.15) is 39.7 Å². The third-order valence-corrected chi connectivity index (χ3v) is 2.55. The van der Waals surface area contributed by atoms with Crippen LogP contribution in [-0.4, -0.2) is 28.0 Å². The monoisotopic (exact) mass is 281 g/mol. The average Bonchev–Trinajstić information content (AvgIpc) is 2.27. The number of aromatic hydroxyl groups is 1. The maximum Gasteiger partial charge on any atom is 0.412 e. The minimum absolute atomic E-state index is 0.0170. The minimum Gasteiger partial charge on any atom is -0.506 e. The number of amides is 1. The second kappa shape index (κ2) is 6.61. The first-order chi connectivity index (χ1) is 9.17. The van der Waals surface area contributed by atoms with Crippen LogP contribution in [0.3, 0.4) is 0 Å². The van der Waals surface area contributed by atoms with E-state index in [9.17, 15) is 15.0 Å². The Hall–Kier alpha value is -1.75. The number of rotatable bonds is 4. The van der Waals surface area contributed by atoms with Gasteiger partial charge in [-0.15, -0.1) is 0 Å². The number of hydrogen-bond donors (Lipinski definition) is 3. The summed E-state index contributed by atoms with van der Waals surface area (Å²) >= 11 is 0. The van der Waals surface area contributed by atoms with Crippen molar-refractivity contribution in [2.24, 2.45) is 0 Å². The van der Waals surface area contributed by atoms with E-state index in [1.807, 2.05) is 0 Å². The van der Waals surface area contributed by atoms with Gasteiger partial charge < -0.3 is 14.9 Å². The molecule has 3 N–H and O–H groups in total. The summed E-state index contributed by atoms with van der Waals surface area (Å²) in [6.07, 6.45) is 0.295. The van der Waals surface area contributed by atoms with Gasteiger partial charge in [-0.25, -0.2) is 4.79 Å². The Morgan fingerprint density at radius 3 is 2.60 bits per heavy atom. The number of aryl methyl sites for hydroxylation is 1. The van der Waals surface area contributed by atoms with E-state index in [4.69, 9.17) is 4.74 Å². The normalized spacial score (nSPS) is 12.8. The molecule has 5 nitrogen and oxygen atoms in total.